The van der Waals surface area contributed by atoms with Crippen LogP contribution in [0.25, 0.3) is 0 Å². The number of rotatable bonds is 2. The first-order valence-electron chi connectivity index (χ1n) is 6.67. The summed E-state index contributed by atoms with van der Waals surface area (Å²) in [6, 6.07) is 6.48. The third-order valence-corrected chi connectivity index (χ3v) is 9.63. The summed E-state index contributed by atoms with van der Waals surface area (Å²) in [4.78, 5) is 0. The highest BCUT2D eigenvalue weighted by molar-refractivity contribution is 9.10. The second kappa shape index (κ2) is 4.77. The molecule has 3 heteroatoms. The van der Waals surface area contributed by atoms with E-state index in [2.05, 4.69) is 68.0 Å². The van der Waals surface area contributed by atoms with Crippen LogP contribution < -0.4 is 0 Å². The van der Waals surface area contributed by atoms with Gasteiger partial charge < -0.3 is 4.43 Å². The minimum Gasteiger partial charge on any atom is -0.410 e. The van der Waals surface area contributed by atoms with E-state index >= 15 is 0 Å². The number of halogens is 1. The Kier molecular flexibility index (Phi) is 3.78. The van der Waals surface area contributed by atoms with Gasteiger partial charge >= 0.3 is 0 Å². The lowest BCUT2D eigenvalue weighted by molar-refractivity contribution is 0.185. The lowest BCUT2D eigenvalue weighted by atomic mass is 10.1. The van der Waals surface area contributed by atoms with Crippen LogP contribution >= 0.6 is 15.9 Å². The van der Waals surface area contributed by atoms with Crippen molar-refractivity contribution >= 4 is 24.2 Å². The molecule has 0 fully saturated rings. The lowest BCUT2D eigenvalue weighted by Gasteiger charge is -2.38. The van der Waals surface area contributed by atoms with Crippen molar-refractivity contribution in [3.8, 4) is 0 Å². The van der Waals surface area contributed by atoms with Gasteiger partial charge in [0, 0.05) is 4.47 Å². The molecule has 0 saturated heterocycles. The highest BCUT2D eigenvalue weighted by Gasteiger charge is 2.40. The Hall–Kier alpha value is -0.123. The maximum atomic E-state index is 6.56. The Morgan fingerprint density at radius 2 is 1.94 bits per heavy atom. The standard InChI is InChI=1S/C15H23BrOSi/c1-15(2,3)18(4,5)17-14-10-9-11-12(14)7-6-8-13(11)16/h6-8,14H,9-10H2,1-5H3/t14-/m1/s1. The van der Waals surface area contributed by atoms with Crippen molar-refractivity contribution in [1.82, 2.24) is 0 Å². The molecule has 0 bridgehead atoms. The zero-order valence-electron chi connectivity index (χ0n) is 12.0. The summed E-state index contributed by atoms with van der Waals surface area (Å²) in [6.07, 6.45) is 2.57. The van der Waals surface area contributed by atoms with Gasteiger partial charge in [0.25, 0.3) is 0 Å². The summed E-state index contributed by atoms with van der Waals surface area (Å²) in [7, 11) is -1.67. The number of fused-ring (bicyclic) bond motifs is 1. The largest absolute Gasteiger partial charge is 0.410 e. The number of hydrogen-bond donors (Lipinski definition) is 0. The minimum atomic E-state index is -1.67. The molecule has 2 rings (SSSR count). The van der Waals surface area contributed by atoms with E-state index in [4.69, 9.17) is 4.43 Å². The molecule has 0 spiro atoms. The van der Waals surface area contributed by atoms with Gasteiger partial charge in [0.15, 0.2) is 8.32 Å². The first-order chi connectivity index (χ1) is 8.22. The Morgan fingerprint density at radius 3 is 2.56 bits per heavy atom. The van der Waals surface area contributed by atoms with Gasteiger partial charge in [-0.2, -0.15) is 0 Å². The molecule has 1 aliphatic rings. The molecule has 0 heterocycles. The van der Waals surface area contributed by atoms with Crippen LogP contribution in [0.2, 0.25) is 18.1 Å². The molecule has 0 aromatic heterocycles. The third kappa shape index (κ3) is 2.58. The fourth-order valence-corrected chi connectivity index (χ4v) is 4.12. The molecule has 0 amide bonds. The molecule has 0 N–H and O–H groups in total. The second-order valence-electron chi connectivity index (χ2n) is 6.71. The number of hydrogen-bond acceptors (Lipinski definition) is 1. The Balaban J connectivity index is 2.23. The van der Waals surface area contributed by atoms with Gasteiger partial charge in [-0.1, -0.05) is 48.8 Å². The van der Waals surface area contributed by atoms with Gasteiger partial charge in [-0.15, -0.1) is 0 Å². The first-order valence-corrected chi connectivity index (χ1v) is 10.4. The van der Waals surface area contributed by atoms with Crippen molar-refractivity contribution in [2.75, 3.05) is 0 Å². The summed E-state index contributed by atoms with van der Waals surface area (Å²) in [5, 5.41) is 0.280. The van der Waals surface area contributed by atoms with Crippen LogP contribution in [-0.4, -0.2) is 8.32 Å². The van der Waals surface area contributed by atoms with E-state index < -0.39 is 8.32 Å². The highest BCUT2D eigenvalue weighted by Crippen LogP contribution is 2.44. The first kappa shape index (κ1) is 14.3. The normalized spacial score (nSPS) is 20.0. The summed E-state index contributed by atoms with van der Waals surface area (Å²) in [5.74, 6) is 0. The Morgan fingerprint density at radius 1 is 1.28 bits per heavy atom. The predicted octanol–water partition coefficient (Wildman–Crippen LogP) is 5.46. The topological polar surface area (TPSA) is 9.23 Å². The maximum absolute atomic E-state index is 6.56. The van der Waals surface area contributed by atoms with Crippen LogP contribution in [0.15, 0.2) is 22.7 Å². The summed E-state index contributed by atoms with van der Waals surface area (Å²) in [6.45, 7) is 11.6. The predicted molar refractivity (Wildman–Crippen MR) is 83.5 cm³/mol. The molecule has 1 atom stereocenters. The van der Waals surface area contributed by atoms with Crippen molar-refractivity contribution in [2.45, 2.75) is 57.8 Å². The SMILES string of the molecule is CC(C)(C)[Si](C)(C)O[C@@H]1CCc2c(Br)cccc21. The van der Waals surface area contributed by atoms with Crippen molar-refractivity contribution in [1.29, 1.82) is 0 Å². The van der Waals surface area contributed by atoms with E-state index in [1.165, 1.54) is 15.6 Å². The minimum absolute atomic E-state index is 0.280. The van der Waals surface area contributed by atoms with Crippen LogP contribution in [0.5, 0.6) is 0 Å². The van der Waals surface area contributed by atoms with Gasteiger partial charge in [0.05, 0.1) is 6.10 Å². The average Bonchev–Trinajstić information content (AvgIpc) is 2.61. The molecule has 18 heavy (non-hydrogen) atoms. The smallest absolute Gasteiger partial charge is 0.192 e. The Bertz CT molecular complexity index is 448. The van der Waals surface area contributed by atoms with Crippen molar-refractivity contribution in [3.63, 3.8) is 0 Å². The zero-order valence-corrected chi connectivity index (χ0v) is 14.6. The number of benzene rings is 1. The van der Waals surface area contributed by atoms with Gasteiger partial charge in [-0.05, 0) is 48.2 Å². The lowest BCUT2D eigenvalue weighted by Crippen LogP contribution is -2.41. The van der Waals surface area contributed by atoms with E-state index in [0.717, 1.165) is 12.8 Å². The molecule has 1 nitrogen and oxygen atoms in total. The van der Waals surface area contributed by atoms with Crippen LogP contribution in [0, 0.1) is 0 Å². The molecule has 0 radical (unpaired) electrons. The summed E-state index contributed by atoms with van der Waals surface area (Å²) in [5.41, 5.74) is 2.84. The zero-order chi connectivity index (χ0) is 13.6. The molecular weight excluding hydrogens is 304 g/mol. The van der Waals surface area contributed by atoms with E-state index in [1.54, 1.807) is 0 Å². The highest BCUT2D eigenvalue weighted by atomic mass is 79.9. The third-order valence-electron chi connectivity index (χ3n) is 4.40. The van der Waals surface area contributed by atoms with Crippen LogP contribution in [0.1, 0.15) is 44.4 Å². The quantitative estimate of drug-likeness (QED) is 0.656. The average molecular weight is 327 g/mol. The van der Waals surface area contributed by atoms with Crippen LogP contribution in [0.3, 0.4) is 0 Å². The summed E-state index contributed by atoms with van der Waals surface area (Å²) >= 11 is 3.65. The van der Waals surface area contributed by atoms with Crippen LogP contribution in [-0.2, 0) is 10.8 Å². The van der Waals surface area contributed by atoms with E-state index in [1.807, 2.05) is 0 Å². The fraction of sp³-hybridized carbons (Fsp3) is 0.600. The molecule has 0 unspecified atom stereocenters. The van der Waals surface area contributed by atoms with Crippen molar-refractivity contribution in [3.05, 3.63) is 33.8 Å². The van der Waals surface area contributed by atoms with E-state index in [9.17, 15) is 0 Å². The monoisotopic (exact) mass is 326 g/mol. The summed E-state index contributed by atoms with van der Waals surface area (Å²) < 4.78 is 7.80. The molecule has 1 aliphatic carbocycles. The van der Waals surface area contributed by atoms with Crippen LogP contribution in [0.4, 0.5) is 0 Å². The molecule has 1 aromatic rings. The van der Waals surface area contributed by atoms with Gasteiger partial charge in [-0.3, -0.25) is 0 Å². The molecule has 100 valence electrons. The molecule has 0 saturated carbocycles. The molecular formula is C15H23BrOSi. The van der Waals surface area contributed by atoms with Crippen molar-refractivity contribution < 1.29 is 4.43 Å². The van der Waals surface area contributed by atoms with Crippen molar-refractivity contribution in [2.24, 2.45) is 0 Å². The molecule has 1 aromatic carbocycles. The maximum Gasteiger partial charge on any atom is 0.192 e. The van der Waals surface area contributed by atoms with E-state index in [0.29, 0.717) is 6.10 Å². The molecule has 0 aliphatic heterocycles. The van der Waals surface area contributed by atoms with E-state index in [-0.39, 0.29) is 5.04 Å². The van der Waals surface area contributed by atoms with Gasteiger partial charge in [-0.25, -0.2) is 0 Å². The fourth-order valence-electron chi connectivity index (χ4n) is 2.23. The Labute approximate surface area is 120 Å². The van der Waals surface area contributed by atoms with Gasteiger partial charge in [0.1, 0.15) is 0 Å². The van der Waals surface area contributed by atoms with Gasteiger partial charge in [0.2, 0.25) is 0 Å². The second-order valence-corrected chi connectivity index (χ2v) is 12.3.